The van der Waals surface area contributed by atoms with Gasteiger partial charge in [-0.3, -0.25) is 4.79 Å². The lowest BCUT2D eigenvalue weighted by atomic mass is 9.85. The SMILES string of the molecule is CC1CCCN(C(=O)NC2CCCC2(C)C(=O)O)C1C. The number of carbonyl (C=O) groups excluding carboxylic acids is 1. The molecule has 1 aliphatic carbocycles. The molecule has 0 aromatic heterocycles. The summed E-state index contributed by atoms with van der Waals surface area (Å²) >= 11 is 0. The van der Waals surface area contributed by atoms with E-state index in [4.69, 9.17) is 0 Å². The van der Waals surface area contributed by atoms with Gasteiger partial charge in [-0.05, 0) is 45.4 Å². The van der Waals surface area contributed by atoms with Gasteiger partial charge in [0.1, 0.15) is 0 Å². The molecule has 4 unspecified atom stereocenters. The van der Waals surface area contributed by atoms with Gasteiger partial charge in [-0.25, -0.2) is 4.79 Å². The second kappa shape index (κ2) is 5.62. The van der Waals surface area contributed by atoms with Crippen molar-refractivity contribution < 1.29 is 14.7 Å². The number of carboxylic acids is 1. The summed E-state index contributed by atoms with van der Waals surface area (Å²) in [4.78, 5) is 25.8. The maximum atomic E-state index is 12.4. The van der Waals surface area contributed by atoms with Crippen molar-refractivity contribution in [2.75, 3.05) is 6.54 Å². The van der Waals surface area contributed by atoms with Gasteiger partial charge in [0.05, 0.1) is 5.41 Å². The van der Waals surface area contributed by atoms with Crippen molar-refractivity contribution >= 4 is 12.0 Å². The lowest BCUT2D eigenvalue weighted by Crippen LogP contribution is -2.55. The highest BCUT2D eigenvalue weighted by Crippen LogP contribution is 2.38. The van der Waals surface area contributed by atoms with Gasteiger partial charge >= 0.3 is 12.0 Å². The number of nitrogens with zero attached hydrogens (tertiary/aromatic N) is 1. The van der Waals surface area contributed by atoms with E-state index in [1.54, 1.807) is 6.92 Å². The van der Waals surface area contributed by atoms with Gasteiger partial charge in [-0.15, -0.1) is 0 Å². The van der Waals surface area contributed by atoms with Gasteiger partial charge < -0.3 is 15.3 Å². The summed E-state index contributed by atoms with van der Waals surface area (Å²) in [6.07, 6.45) is 4.44. The van der Waals surface area contributed by atoms with E-state index in [2.05, 4.69) is 19.2 Å². The number of urea groups is 1. The quantitative estimate of drug-likeness (QED) is 0.817. The first-order chi connectivity index (χ1) is 9.36. The molecule has 1 saturated carbocycles. The molecule has 2 amide bonds. The molecule has 0 aromatic carbocycles. The number of nitrogens with one attached hydrogen (secondary N) is 1. The maximum Gasteiger partial charge on any atom is 0.317 e. The molecule has 0 radical (unpaired) electrons. The number of piperidine rings is 1. The van der Waals surface area contributed by atoms with E-state index >= 15 is 0 Å². The molecule has 0 aromatic rings. The lowest BCUT2D eigenvalue weighted by Gasteiger charge is -2.39. The molecule has 1 heterocycles. The number of hydrogen-bond acceptors (Lipinski definition) is 2. The molecule has 2 aliphatic rings. The Labute approximate surface area is 120 Å². The Morgan fingerprint density at radius 3 is 2.60 bits per heavy atom. The van der Waals surface area contributed by atoms with E-state index in [0.29, 0.717) is 12.3 Å². The van der Waals surface area contributed by atoms with Gasteiger partial charge in [0.15, 0.2) is 0 Å². The van der Waals surface area contributed by atoms with Crippen molar-refractivity contribution in [2.45, 2.75) is 65.0 Å². The minimum Gasteiger partial charge on any atom is -0.481 e. The average molecular weight is 282 g/mol. The Morgan fingerprint density at radius 1 is 1.25 bits per heavy atom. The smallest absolute Gasteiger partial charge is 0.317 e. The Morgan fingerprint density at radius 2 is 1.95 bits per heavy atom. The van der Waals surface area contributed by atoms with Crippen LogP contribution in [0.4, 0.5) is 4.79 Å². The third kappa shape index (κ3) is 2.63. The molecule has 20 heavy (non-hydrogen) atoms. The van der Waals surface area contributed by atoms with Crippen molar-refractivity contribution in [3.63, 3.8) is 0 Å². The average Bonchev–Trinajstić information content (AvgIpc) is 2.75. The second-order valence-electron chi connectivity index (χ2n) is 6.67. The molecule has 4 atom stereocenters. The van der Waals surface area contributed by atoms with Crippen LogP contribution < -0.4 is 5.32 Å². The summed E-state index contributed by atoms with van der Waals surface area (Å²) in [5.74, 6) is -0.302. The van der Waals surface area contributed by atoms with Gasteiger partial charge in [-0.2, -0.15) is 0 Å². The molecule has 5 nitrogen and oxygen atoms in total. The van der Waals surface area contributed by atoms with Crippen LogP contribution in [-0.2, 0) is 4.79 Å². The first-order valence-corrected chi connectivity index (χ1v) is 7.67. The van der Waals surface area contributed by atoms with Crippen LogP contribution in [0.5, 0.6) is 0 Å². The normalized spacial score (nSPS) is 37.8. The number of carbonyl (C=O) groups is 2. The highest BCUT2D eigenvalue weighted by atomic mass is 16.4. The van der Waals surface area contributed by atoms with Gasteiger partial charge in [0.25, 0.3) is 0 Å². The molecule has 2 rings (SSSR count). The summed E-state index contributed by atoms with van der Waals surface area (Å²) in [7, 11) is 0. The lowest BCUT2D eigenvalue weighted by molar-refractivity contribution is -0.148. The van der Waals surface area contributed by atoms with Crippen LogP contribution in [0.15, 0.2) is 0 Å². The van der Waals surface area contributed by atoms with E-state index in [1.165, 1.54) is 0 Å². The van der Waals surface area contributed by atoms with Crippen LogP contribution in [0, 0.1) is 11.3 Å². The molecule has 2 fully saturated rings. The predicted octanol–water partition coefficient (Wildman–Crippen LogP) is 2.46. The highest BCUT2D eigenvalue weighted by Gasteiger charge is 2.46. The minimum absolute atomic E-state index is 0.0941. The number of carboxylic acid groups (broad SMARTS) is 1. The molecule has 114 valence electrons. The van der Waals surface area contributed by atoms with Gasteiger partial charge in [0.2, 0.25) is 0 Å². The third-order valence-electron chi connectivity index (χ3n) is 5.38. The zero-order chi connectivity index (χ0) is 14.9. The number of hydrogen-bond donors (Lipinski definition) is 2. The van der Waals surface area contributed by atoms with Crippen LogP contribution in [0.1, 0.15) is 52.9 Å². The standard InChI is InChI=1S/C15H26N2O3/c1-10-6-5-9-17(11(10)2)14(20)16-12-7-4-8-15(12,3)13(18)19/h10-12H,4-9H2,1-3H3,(H,16,20)(H,18,19). The Hall–Kier alpha value is -1.26. The first-order valence-electron chi connectivity index (χ1n) is 7.67. The molecule has 0 spiro atoms. The zero-order valence-electron chi connectivity index (χ0n) is 12.7. The van der Waals surface area contributed by atoms with Gasteiger partial charge in [-0.1, -0.05) is 13.3 Å². The summed E-state index contributed by atoms with van der Waals surface area (Å²) in [5.41, 5.74) is -0.819. The number of likely N-dealkylation sites (tertiary alicyclic amines) is 1. The monoisotopic (exact) mass is 282 g/mol. The van der Waals surface area contributed by atoms with Crippen LogP contribution >= 0.6 is 0 Å². The zero-order valence-corrected chi connectivity index (χ0v) is 12.7. The Bertz CT molecular complexity index is 399. The summed E-state index contributed by atoms with van der Waals surface area (Å²) in [5, 5.41) is 12.4. The Kier molecular flexibility index (Phi) is 4.25. The van der Waals surface area contributed by atoms with Gasteiger partial charge in [0, 0.05) is 18.6 Å². The molecule has 5 heteroatoms. The first kappa shape index (κ1) is 15.1. The molecule has 2 N–H and O–H groups in total. The van der Waals surface area contributed by atoms with E-state index in [-0.39, 0.29) is 18.1 Å². The largest absolute Gasteiger partial charge is 0.481 e. The second-order valence-corrected chi connectivity index (χ2v) is 6.67. The van der Waals surface area contributed by atoms with Crippen molar-refractivity contribution in [1.82, 2.24) is 10.2 Å². The maximum absolute atomic E-state index is 12.4. The van der Waals surface area contributed by atoms with Crippen molar-refractivity contribution in [3.8, 4) is 0 Å². The van der Waals surface area contributed by atoms with Crippen LogP contribution in [0.3, 0.4) is 0 Å². The van der Waals surface area contributed by atoms with Crippen LogP contribution in [0.2, 0.25) is 0 Å². The minimum atomic E-state index is -0.819. The van der Waals surface area contributed by atoms with Crippen molar-refractivity contribution in [1.29, 1.82) is 0 Å². The number of aliphatic carboxylic acids is 1. The van der Waals surface area contributed by atoms with E-state index < -0.39 is 11.4 Å². The fraction of sp³-hybridized carbons (Fsp3) is 0.867. The fourth-order valence-electron chi connectivity index (χ4n) is 3.51. The summed E-state index contributed by atoms with van der Waals surface area (Å²) in [6, 6.07) is -0.124. The summed E-state index contributed by atoms with van der Waals surface area (Å²) in [6.45, 7) is 6.76. The fourth-order valence-corrected chi connectivity index (χ4v) is 3.51. The van der Waals surface area contributed by atoms with Crippen molar-refractivity contribution in [3.05, 3.63) is 0 Å². The predicted molar refractivity (Wildman–Crippen MR) is 76.5 cm³/mol. The Balaban J connectivity index is 2.02. The highest BCUT2D eigenvalue weighted by molar-refractivity contribution is 5.79. The third-order valence-corrected chi connectivity index (χ3v) is 5.38. The van der Waals surface area contributed by atoms with Crippen LogP contribution in [-0.4, -0.2) is 40.6 Å². The molecular weight excluding hydrogens is 256 g/mol. The van der Waals surface area contributed by atoms with E-state index in [1.807, 2.05) is 4.90 Å². The summed E-state index contributed by atoms with van der Waals surface area (Å²) < 4.78 is 0. The molecular formula is C15H26N2O3. The molecule has 1 aliphatic heterocycles. The number of amides is 2. The molecule has 0 bridgehead atoms. The van der Waals surface area contributed by atoms with E-state index in [0.717, 1.165) is 32.2 Å². The van der Waals surface area contributed by atoms with Crippen LogP contribution in [0.25, 0.3) is 0 Å². The number of rotatable bonds is 2. The topological polar surface area (TPSA) is 69.6 Å². The van der Waals surface area contributed by atoms with Crippen molar-refractivity contribution in [2.24, 2.45) is 11.3 Å². The van der Waals surface area contributed by atoms with E-state index in [9.17, 15) is 14.7 Å². The molecule has 1 saturated heterocycles.